The number of carbonyl (C=O) groups excluding carboxylic acids is 1. The van der Waals surface area contributed by atoms with Gasteiger partial charge in [-0.25, -0.2) is 0 Å². The zero-order valence-electron chi connectivity index (χ0n) is 13.3. The number of thioether (sulfide) groups is 1. The van der Waals surface area contributed by atoms with Gasteiger partial charge in [-0.1, -0.05) is 61.4 Å². The van der Waals surface area contributed by atoms with Crippen molar-refractivity contribution in [3.63, 3.8) is 0 Å². The van der Waals surface area contributed by atoms with E-state index in [0.29, 0.717) is 6.54 Å². The van der Waals surface area contributed by atoms with Gasteiger partial charge in [0.05, 0.1) is 5.41 Å². The quantitative estimate of drug-likeness (QED) is 0.630. The molecule has 3 heteroatoms. The third-order valence-electron chi connectivity index (χ3n) is 4.62. The van der Waals surface area contributed by atoms with Crippen molar-refractivity contribution >= 4 is 17.7 Å². The Bertz CT molecular complexity index is 621. The first-order chi connectivity index (χ1) is 11.3. The number of carbonyl (C=O) groups is 1. The standard InChI is InChI=1S/C20H23NOS/c22-19(21-15-16-23-18-11-5-2-6-12-18)20(13-7-8-14-20)17-9-3-1-4-10-17/h1-6,9-12H,7-8,13-16H2,(H,21,22). The first-order valence-corrected chi connectivity index (χ1v) is 9.31. The highest BCUT2D eigenvalue weighted by molar-refractivity contribution is 7.99. The molecule has 0 atom stereocenters. The van der Waals surface area contributed by atoms with Gasteiger partial charge in [0.25, 0.3) is 0 Å². The molecule has 0 spiro atoms. The van der Waals surface area contributed by atoms with Gasteiger partial charge < -0.3 is 5.32 Å². The Morgan fingerprint density at radius 3 is 2.22 bits per heavy atom. The summed E-state index contributed by atoms with van der Waals surface area (Å²) in [6, 6.07) is 20.6. The summed E-state index contributed by atoms with van der Waals surface area (Å²) in [7, 11) is 0. The molecule has 2 aromatic rings. The maximum Gasteiger partial charge on any atom is 0.230 e. The number of hydrogen-bond donors (Lipinski definition) is 1. The van der Waals surface area contributed by atoms with Crippen LogP contribution < -0.4 is 5.32 Å². The molecule has 0 aliphatic heterocycles. The van der Waals surface area contributed by atoms with Crippen LogP contribution in [0.25, 0.3) is 0 Å². The highest BCUT2D eigenvalue weighted by Gasteiger charge is 2.42. The Morgan fingerprint density at radius 1 is 0.957 bits per heavy atom. The van der Waals surface area contributed by atoms with Gasteiger partial charge in [0.1, 0.15) is 0 Å². The minimum absolute atomic E-state index is 0.204. The number of benzene rings is 2. The van der Waals surface area contributed by atoms with Gasteiger partial charge in [0.15, 0.2) is 0 Å². The minimum atomic E-state index is -0.307. The molecule has 1 fully saturated rings. The molecule has 1 aliphatic carbocycles. The average Bonchev–Trinajstić information content (AvgIpc) is 3.11. The maximum absolute atomic E-state index is 12.9. The highest BCUT2D eigenvalue weighted by atomic mass is 32.2. The molecule has 1 aliphatic rings. The Hall–Kier alpha value is -1.74. The summed E-state index contributed by atoms with van der Waals surface area (Å²) in [5.41, 5.74) is 0.865. The first kappa shape index (κ1) is 16.1. The van der Waals surface area contributed by atoms with E-state index >= 15 is 0 Å². The Morgan fingerprint density at radius 2 is 1.57 bits per heavy atom. The van der Waals surface area contributed by atoms with Crippen molar-refractivity contribution in [1.82, 2.24) is 5.32 Å². The van der Waals surface area contributed by atoms with Gasteiger partial charge >= 0.3 is 0 Å². The number of hydrogen-bond acceptors (Lipinski definition) is 2. The van der Waals surface area contributed by atoms with Crippen molar-refractivity contribution in [3.8, 4) is 0 Å². The summed E-state index contributed by atoms with van der Waals surface area (Å²) in [6.07, 6.45) is 4.21. The molecule has 1 amide bonds. The van der Waals surface area contributed by atoms with Gasteiger partial charge in [0.2, 0.25) is 5.91 Å². The zero-order chi connectivity index (χ0) is 16.0. The predicted molar refractivity (Wildman–Crippen MR) is 96.8 cm³/mol. The number of amides is 1. The molecular formula is C20H23NOS. The van der Waals surface area contributed by atoms with Crippen molar-refractivity contribution in [2.45, 2.75) is 36.0 Å². The molecule has 1 N–H and O–H groups in total. The fourth-order valence-corrected chi connectivity index (χ4v) is 4.19. The van der Waals surface area contributed by atoms with Gasteiger partial charge in [-0.05, 0) is 30.5 Å². The monoisotopic (exact) mass is 325 g/mol. The van der Waals surface area contributed by atoms with E-state index < -0.39 is 0 Å². The van der Waals surface area contributed by atoms with Gasteiger partial charge in [-0.2, -0.15) is 0 Å². The lowest BCUT2D eigenvalue weighted by Gasteiger charge is -2.28. The molecule has 0 unspecified atom stereocenters. The molecule has 0 bridgehead atoms. The summed E-state index contributed by atoms with van der Waals surface area (Å²) in [5, 5.41) is 3.17. The number of nitrogens with one attached hydrogen (secondary N) is 1. The molecule has 1 saturated carbocycles. The summed E-state index contributed by atoms with van der Waals surface area (Å²) >= 11 is 1.78. The second kappa shape index (κ2) is 7.69. The lowest BCUT2D eigenvalue weighted by molar-refractivity contribution is -0.126. The molecule has 3 rings (SSSR count). The van der Waals surface area contributed by atoms with E-state index in [1.807, 2.05) is 36.4 Å². The van der Waals surface area contributed by atoms with E-state index in [0.717, 1.165) is 31.4 Å². The molecule has 0 radical (unpaired) electrons. The summed E-state index contributed by atoms with van der Waals surface area (Å²) in [5.74, 6) is 1.11. The summed E-state index contributed by atoms with van der Waals surface area (Å²) in [6.45, 7) is 0.715. The van der Waals surface area contributed by atoms with E-state index in [1.54, 1.807) is 11.8 Å². The van der Waals surface area contributed by atoms with E-state index in [9.17, 15) is 4.79 Å². The van der Waals surface area contributed by atoms with Crippen LogP contribution in [0.5, 0.6) is 0 Å². The Labute approximate surface area is 142 Å². The van der Waals surface area contributed by atoms with E-state index in [1.165, 1.54) is 10.5 Å². The first-order valence-electron chi connectivity index (χ1n) is 8.33. The fourth-order valence-electron chi connectivity index (χ4n) is 3.40. The van der Waals surface area contributed by atoms with Gasteiger partial charge in [0, 0.05) is 17.2 Å². The third kappa shape index (κ3) is 3.78. The van der Waals surface area contributed by atoms with Gasteiger partial charge in [-0.15, -0.1) is 11.8 Å². The maximum atomic E-state index is 12.9. The molecule has 120 valence electrons. The molecule has 0 heterocycles. The van der Waals surface area contributed by atoms with Crippen molar-refractivity contribution in [2.75, 3.05) is 12.3 Å². The van der Waals surface area contributed by atoms with E-state index in [4.69, 9.17) is 0 Å². The highest BCUT2D eigenvalue weighted by Crippen LogP contribution is 2.41. The molecule has 23 heavy (non-hydrogen) atoms. The normalized spacial score (nSPS) is 16.2. The van der Waals surface area contributed by atoms with Crippen LogP contribution >= 0.6 is 11.8 Å². The molecular weight excluding hydrogens is 302 g/mol. The lowest BCUT2D eigenvalue weighted by Crippen LogP contribution is -2.43. The van der Waals surface area contributed by atoms with Crippen LogP contribution in [-0.2, 0) is 10.2 Å². The van der Waals surface area contributed by atoms with Crippen molar-refractivity contribution in [1.29, 1.82) is 0 Å². The van der Waals surface area contributed by atoms with Crippen LogP contribution in [0.3, 0.4) is 0 Å². The van der Waals surface area contributed by atoms with Crippen LogP contribution in [0, 0.1) is 0 Å². The average molecular weight is 325 g/mol. The summed E-state index contributed by atoms with van der Waals surface area (Å²) in [4.78, 5) is 14.1. The second-order valence-electron chi connectivity index (χ2n) is 6.07. The van der Waals surface area contributed by atoms with Crippen LogP contribution in [0.1, 0.15) is 31.2 Å². The van der Waals surface area contributed by atoms with E-state index in [-0.39, 0.29) is 11.3 Å². The molecule has 2 aromatic carbocycles. The third-order valence-corrected chi connectivity index (χ3v) is 5.63. The van der Waals surface area contributed by atoms with Crippen LogP contribution in [0.4, 0.5) is 0 Å². The van der Waals surface area contributed by atoms with Crippen molar-refractivity contribution in [2.24, 2.45) is 0 Å². The Balaban J connectivity index is 1.57. The van der Waals surface area contributed by atoms with Crippen LogP contribution in [0.15, 0.2) is 65.6 Å². The number of rotatable bonds is 6. The largest absolute Gasteiger partial charge is 0.354 e. The van der Waals surface area contributed by atoms with Crippen molar-refractivity contribution in [3.05, 3.63) is 66.2 Å². The topological polar surface area (TPSA) is 29.1 Å². The molecule has 0 saturated heterocycles. The SMILES string of the molecule is O=C(NCCSc1ccccc1)C1(c2ccccc2)CCCC1. The predicted octanol–water partition coefficient (Wildman–Crippen LogP) is 4.41. The zero-order valence-corrected chi connectivity index (χ0v) is 14.1. The molecule has 2 nitrogen and oxygen atoms in total. The van der Waals surface area contributed by atoms with Crippen LogP contribution in [-0.4, -0.2) is 18.2 Å². The van der Waals surface area contributed by atoms with Gasteiger partial charge in [-0.3, -0.25) is 4.79 Å². The summed E-state index contributed by atoms with van der Waals surface area (Å²) < 4.78 is 0. The lowest BCUT2D eigenvalue weighted by atomic mass is 9.78. The van der Waals surface area contributed by atoms with Crippen LogP contribution in [0.2, 0.25) is 0 Å². The van der Waals surface area contributed by atoms with Crippen molar-refractivity contribution < 1.29 is 4.79 Å². The smallest absolute Gasteiger partial charge is 0.230 e. The fraction of sp³-hybridized carbons (Fsp3) is 0.350. The minimum Gasteiger partial charge on any atom is -0.354 e. The second-order valence-corrected chi connectivity index (χ2v) is 7.24. The Kier molecular flexibility index (Phi) is 5.39. The molecule has 0 aromatic heterocycles. The van der Waals surface area contributed by atoms with E-state index in [2.05, 4.69) is 29.6 Å².